The van der Waals surface area contributed by atoms with Crippen LogP contribution in [0.4, 0.5) is 37.7 Å². The zero-order valence-electron chi connectivity index (χ0n) is 23.3. The van der Waals surface area contributed by atoms with Crippen molar-refractivity contribution in [2.45, 2.75) is 32.6 Å². The normalized spacial score (nSPS) is 13.0. The number of fused-ring (bicyclic) bond motifs is 1. The minimum Gasteiger partial charge on any atom is -0.483 e. The number of anilines is 1. The Hall–Kier alpha value is -5.07. The van der Waals surface area contributed by atoms with Crippen LogP contribution < -0.4 is 15.6 Å². The van der Waals surface area contributed by atoms with Gasteiger partial charge in [-0.3, -0.25) is 14.6 Å². The van der Waals surface area contributed by atoms with Crippen molar-refractivity contribution in [3.63, 3.8) is 0 Å². The van der Waals surface area contributed by atoms with Gasteiger partial charge in [0.05, 0.1) is 29.1 Å². The summed E-state index contributed by atoms with van der Waals surface area (Å²) in [4.78, 5) is 35.1. The molecule has 0 fully saturated rings. The van der Waals surface area contributed by atoms with Crippen LogP contribution in [0.1, 0.15) is 28.9 Å². The second-order valence-corrected chi connectivity index (χ2v) is 9.63. The first-order valence-electron chi connectivity index (χ1n) is 13.0. The Morgan fingerprint density at radius 1 is 0.818 bits per heavy atom. The van der Waals surface area contributed by atoms with Crippen LogP contribution in [-0.4, -0.2) is 34.4 Å². The van der Waals surface area contributed by atoms with Crippen molar-refractivity contribution in [2.24, 2.45) is 4.99 Å². The minimum absolute atomic E-state index is 0.151. The highest BCUT2D eigenvalue weighted by molar-refractivity contribution is 6.17. The lowest BCUT2D eigenvalue weighted by molar-refractivity contribution is -0.158. The highest BCUT2D eigenvalue weighted by atomic mass is 19.4. The molecule has 2 aromatic carbocycles. The number of ether oxygens (including phenoxy) is 1. The van der Waals surface area contributed by atoms with Crippen LogP contribution in [0.15, 0.2) is 88.8 Å². The van der Waals surface area contributed by atoms with Crippen LogP contribution in [0, 0.1) is 13.8 Å². The second-order valence-electron chi connectivity index (χ2n) is 9.63. The van der Waals surface area contributed by atoms with Crippen molar-refractivity contribution in [3.05, 3.63) is 112 Å². The lowest BCUT2D eigenvalue weighted by Gasteiger charge is -2.17. The number of rotatable bonds is 4. The number of carbonyl (C=O) groups excluding carboxylic acids is 1. The topological polar surface area (TPSA) is 93.5 Å². The highest BCUT2D eigenvalue weighted by Gasteiger charge is 2.38. The fourth-order valence-corrected chi connectivity index (χ4v) is 4.25. The largest absolute Gasteiger partial charge is 0.483 e. The Morgan fingerprint density at radius 2 is 1.52 bits per heavy atom. The second kappa shape index (κ2) is 13.1. The number of nitrogens with zero attached hydrogens (tertiary/aromatic N) is 3. The molecule has 1 aliphatic rings. The predicted octanol–water partition coefficient (Wildman–Crippen LogP) is 7.23. The van der Waals surface area contributed by atoms with Gasteiger partial charge in [-0.25, -0.2) is 9.98 Å². The average Bonchev–Trinajstić information content (AvgIpc) is 3.27. The molecule has 0 saturated carbocycles. The van der Waals surface area contributed by atoms with E-state index in [1.54, 1.807) is 36.4 Å². The minimum atomic E-state index is -5.02. The number of carbonyl (C=O) groups is 1. The van der Waals surface area contributed by atoms with Crippen molar-refractivity contribution in [1.29, 1.82) is 0 Å². The number of nitrogens with one attached hydrogen (secondary N) is 1. The Kier molecular flexibility index (Phi) is 9.46. The Morgan fingerprint density at radius 3 is 2.20 bits per heavy atom. The van der Waals surface area contributed by atoms with Crippen LogP contribution in [0.25, 0.3) is 11.1 Å². The highest BCUT2D eigenvalue weighted by Crippen LogP contribution is 2.43. The number of halogens is 6. The third kappa shape index (κ3) is 8.72. The van der Waals surface area contributed by atoms with Gasteiger partial charge in [0.15, 0.2) is 6.61 Å². The molecule has 0 unspecified atom stereocenters. The van der Waals surface area contributed by atoms with E-state index in [4.69, 9.17) is 0 Å². The van der Waals surface area contributed by atoms with Crippen molar-refractivity contribution in [2.75, 3.05) is 11.9 Å². The van der Waals surface area contributed by atoms with Crippen LogP contribution in [0.3, 0.4) is 0 Å². The number of hydrogen-bond donors (Lipinski definition) is 1. The third-order valence-electron chi connectivity index (χ3n) is 6.01. The summed E-state index contributed by atoms with van der Waals surface area (Å²) in [5.41, 5.74) is 1.97. The van der Waals surface area contributed by atoms with E-state index in [0.29, 0.717) is 11.6 Å². The summed E-state index contributed by atoms with van der Waals surface area (Å²) >= 11 is 0. The maximum atomic E-state index is 13.5. The number of benzene rings is 2. The SMILES string of the molecule is Cc1cc(-c2cccc(C3=Nc4cc(OCC(F)(F)F)c(C(F)(F)F)cc4NC(=O)C3)c2)cc(C)n1.O=c1cccccn1. The first-order valence-corrected chi connectivity index (χ1v) is 13.0. The maximum Gasteiger partial charge on any atom is 0.422 e. The summed E-state index contributed by atoms with van der Waals surface area (Å²) in [6.07, 6.45) is -8.65. The van der Waals surface area contributed by atoms with Crippen LogP contribution >= 0.6 is 0 Å². The van der Waals surface area contributed by atoms with E-state index in [1.807, 2.05) is 32.0 Å². The fraction of sp³-hybridized carbons (Fsp3) is 0.194. The molecule has 3 heterocycles. The summed E-state index contributed by atoms with van der Waals surface area (Å²) in [6.45, 7) is 1.79. The average molecular weight is 615 g/mol. The molecular formula is C31H24F6N4O3. The van der Waals surface area contributed by atoms with E-state index in [-0.39, 0.29) is 29.1 Å². The fourth-order valence-electron chi connectivity index (χ4n) is 4.25. The molecule has 0 bridgehead atoms. The third-order valence-corrected chi connectivity index (χ3v) is 6.01. The van der Waals surface area contributed by atoms with Gasteiger partial charge in [0.1, 0.15) is 5.75 Å². The number of hydrogen-bond acceptors (Lipinski definition) is 6. The van der Waals surface area contributed by atoms with E-state index in [1.165, 1.54) is 12.3 Å². The molecule has 7 nitrogen and oxygen atoms in total. The molecule has 4 aromatic rings. The van der Waals surface area contributed by atoms with E-state index in [2.05, 4.69) is 25.0 Å². The molecule has 228 valence electrons. The number of alkyl halides is 6. The molecule has 0 atom stereocenters. The van der Waals surface area contributed by atoms with Gasteiger partial charge in [-0.15, -0.1) is 0 Å². The number of amides is 1. The first-order chi connectivity index (χ1) is 20.7. The van der Waals surface area contributed by atoms with Gasteiger partial charge in [0, 0.05) is 29.7 Å². The lowest BCUT2D eigenvalue weighted by Crippen LogP contribution is -2.21. The Bertz CT molecular complexity index is 1730. The van der Waals surface area contributed by atoms with Gasteiger partial charge < -0.3 is 10.1 Å². The molecule has 0 aliphatic carbocycles. The summed E-state index contributed by atoms with van der Waals surface area (Å²) < 4.78 is 83.0. The van der Waals surface area contributed by atoms with E-state index < -0.39 is 36.2 Å². The lowest BCUT2D eigenvalue weighted by atomic mass is 9.99. The molecule has 1 amide bonds. The molecule has 1 aliphatic heterocycles. The molecule has 0 spiro atoms. The number of aliphatic imine (C=N–C) groups is 1. The Labute approximate surface area is 247 Å². The summed E-state index contributed by atoms with van der Waals surface area (Å²) in [5.74, 6) is -1.65. The van der Waals surface area contributed by atoms with Crippen LogP contribution in [0.5, 0.6) is 5.75 Å². The quantitative estimate of drug-likeness (QED) is 0.245. The summed E-state index contributed by atoms with van der Waals surface area (Å²) in [6, 6.07) is 18.7. The standard InChI is InChI=1S/C25H19F6N3O2.C6H5NO/c1-13-6-17(7-14(2)32-13)15-4-3-5-16(8-15)19-11-23(35)34-20-9-18(25(29,30)31)22(10-21(20)33-19)36-12-24(26,27)28;8-6-4-2-1-3-5-7-6/h3-10H,11-12H2,1-2H3,(H,34,35);1-5H. The number of pyridine rings is 1. The van der Waals surface area contributed by atoms with Gasteiger partial charge in [-0.2, -0.15) is 26.3 Å². The predicted molar refractivity (Wildman–Crippen MR) is 152 cm³/mol. The van der Waals surface area contributed by atoms with Gasteiger partial charge in [0.2, 0.25) is 5.91 Å². The molecule has 5 rings (SSSR count). The molecular weight excluding hydrogens is 590 g/mol. The molecule has 44 heavy (non-hydrogen) atoms. The molecule has 0 radical (unpaired) electrons. The van der Waals surface area contributed by atoms with Crippen LogP contribution in [-0.2, 0) is 11.0 Å². The van der Waals surface area contributed by atoms with Crippen molar-refractivity contribution in [1.82, 2.24) is 9.97 Å². The molecule has 0 saturated heterocycles. The van der Waals surface area contributed by atoms with Gasteiger partial charge in [-0.1, -0.05) is 30.3 Å². The van der Waals surface area contributed by atoms with E-state index >= 15 is 0 Å². The van der Waals surface area contributed by atoms with Gasteiger partial charge in [-0.05, 0) is 60.9 Å². The molecule has 2 aromatic heterocycles. The smallest absolute Gasteiger partial charge is 0.422 e. The van der Waals surface area contributed by atoms with E-state index in [0.717, 1.165) is 28.6 Å². The number of aryl methyl sites for hydroxylation is 2. The zero-order valence-corrected chi connectivity index (χ0v) is 23.3. The molecule has 13 heteroatoms. The monoisotopic (exact) mass is 614 g/mol. The summed E-state index contributed by atoms with van der Waals surface area (Å²) in [5, 5.41) is 2.36. The van der Waals surface area contributed by atoms with Crippen LogP contribution in [0.2, 0.25) is 0 Å². The number of aromatic nitrogens is 2. The van der Waals surface area contributed by atoms with Crippen molar-refractivity contribution < 1.29 is 35.9 Å². The first kappa shape index (κ1) is 31.9. The maximum absolute atomic E-state index is 13.5. The summed E-state index contributed by atoms with van der Waals surface area (Å²) in [7, 11) is 0. The molecule has 1 N–H and O–H groups in total. The zero-order chi connectivity index (χ0) is 32.1. The van der Waals surface area contributed by atoms with E-state index in [9.17, 15) is 35.9 Å². The van der Waals surface area contributed by atoms with Gasteiger partial charge >= 0.3 is 12.4 Å². The Balaban J connectivity index is 0.000000479. The van der Waals surface area contributed by atoms with Crippen molar-refractivity contribution >= 4 is 23.0 Å². The van der Waals surface area contributed by atoms with Gasteiger partial charge in [0.25, 0.3) is 5.56 Å². The van der Waals surface area contributed by atoms with Crippen molar-refractivity contribution in [3.8, 4) is 16.9 Å².